The van der Waals surface area contributed by atoms with Crippen molar-refractivity contribution < 1.29 is 0 Å². The van der Waals surface area contributed by atoms with Crippen LogP contribution < -0.4 is 11.5 Å². The van der Waals surface area contributed by atoms with Gasteiger partial charge in [0, 0.05) is 22.1 Å². The van der Waals surface area contributed by atoms with Crippen LogP contribution in [0, 0.1) is 0 Å². The molecule has 2 heteroatoms. The summed E-state index contributed by atoms with van der Waals surface area (Å²) in [6.45, 7) is 0. The number of nitrogen functional groups attached to an aromatic ring is 2. The lowest BCUT2D eigenvalue weighted by atomic mass is 9.82. The van der Waals surface area contributed by atoms with Gasteiger partial charge in [0.15, 0.2) is 0 Å². The predicted octanol–water partition coefficient (Wildman–Crippen LogP) is 8.16. The van der Waals surface area contributed by atoms with Crippen molar-refractivity contribution in [1.29, 1.82) is 0 Å². The molecule has 0 radical (unpaired) electrons. The number of anilines is 2. The van der Waals surface area contributed by atoms with Gasteiger partial charge in [-0.25, -0.2) is 0 Å². The largest absolute Gasteiger partial charge is 0.398 e. The number of nitrogens with two attached hydrogens (primary N) is 2. The first-order valence-electron chi connectivity index (χ1n) is 11.5. The van der Waals surface area contributed by atoms with E-state index >= 15 is 0 Å². The SMILES string of the molecule is Nc1cc(-c2ccccc2)c(-c2c(-c3ccccc3)cc(N)c3ccccc23)c2ccccc12. The molecular formula is C32H24N2. The molecule has 162 valence electrons. The average Bonchev–Trinajstić information content (AvgIpc) is 2.90. The molecule has 0 amide bonds. The van der Waals surface area contributed by atoms with Gasteiger partial charge < -0.3 is 11.5 Å². The van der Waals surface area contributed by atoms with E-state index in [1.165, 1.54) is 11.1 Å². The lowest BCUT2D eigenvalue weighted by Gasteiger charge is -2.21. The highest BCUT2D eigenvalue weighted by molar-refractivity contribution is 6.18. The Morgan fingerprint density at radius 1 is 0.353 bits per heavy atom. The second-order valence-electron chi connectivity index (χ2n) is 8.60. The zero-order valence-electron chi connectivity index (χ0n) is 18.7. The highest BCUT2D eigenvalue weighted by Gasteiger charge is 2.21. The molecule has 0 fully saturated rings. The molecule has 6 aromatic rings. The van der Waals surface area contributed by atoms with Crippen molar-refractivity contribution in [1.82, 2.24) is 0 Å². The Morgan fingerprint density at radius 3 is 1.06 bits per heavy atom. The van der Waals surface area contributed by atoms with Crippen LogP contribution in [-0.2, 0) is 0 Å². The lowest BCUT2D eigenvalue weighted by molar-refractivity contribution is 1.60. The fourth-order valence-electron chi connectivity index (χ4n) is 5.04. The van der Waals surface area contributed by atoms with Crippen molar-refractivity contribution in [2.24, 2.45) is 0 Å². The number of benzene rings is 6. The molecule has 4 N–H and O–H groups in total. The maximum atomic E-state index is 6.61. The molecule has 0 aliphatic carbocycles. The van der Waals surface area contributed by atoms with Gasteiger partial charge in [0.1, 0.15) is 0 Å². The summed E-state index contributed by atoms with van der Waals surface area (Å²) in [5.41, 5.74) is 21.6. The quantitative estimate of drug-likeness (QED) is 0.275. The highest BCUT2D eigenvalue weighted by atomic mass is 14.6. The maximum Gasteiger partial charge on any atom is 0.0400 e. The molecule has 0 bridgehead atoms. The van der Waals surface area contributed by atoms with Crippen LogP contribution in [0.25, 0.3) is 54.9 Å². The molecule has 0 heterocycles. The fourth-order valence-corrected chi connectivity index (χ4v) is 5.04. The second kappa shape index (κ2) is 8.09. The summed E-state index contributed by atoms with van der Waals surface area (Å²) >= 11 is 0. The maximum absolute atomic E-state index is 6.61. The summed E-state index contributed by atoms with van der Waals surface area (Å²) in [7, 11) is 0. The van der Waals surface area contributed by atoms with Crippen LogP contribution in [0.3, 0.4) is 0 Å². The molecule has 0 saturated carbocycles. The Labute approximate surface area is 199 Å². The van der Waals surface area contributed by atoms with Crippen LogP contribution in [-0.4, -0.2) is 0 Å². The normalized spacial score (nSPS) is 11.2. The van der Waals surface area contributed by atoms with E-state index in [2.05, 4.69) is 97.1 Å². The van der Waals surface area contributed by atoms with E-state index in [0.29, 0.717) is 0 Å². The van der Waals surface area contributed by atoms with Crippen molar-refractivity contribution >= 4 is 32.9 Å². The first-order chi connectivity index (χ1) is 16.7. The summed E-state index contributed by atoms with van der Waals surface area (Å²) in [6, 6.07) is 42.0. The molecule has 0 aliphatic heterocycles. The number of rotatable bonds is 3. The van der Waals surface area contributed by atoms with Crippen molar-refractivity contribution in [3.05, 3.63) is 121 Å². The van der Waals surface area contributed by atoms with Gasteiger partial charge >= 0.3 is 0 Å². The molecule has 0 spiro atoms. The molecule has 0 unspecified atom stereocenters. The minimum absolute atomic E-state index is 0.777. The summed E-state index contributed by atoms with van der Waals surface area (Å²) in [5.74, 6) is 0. The monoisotopic (exact) mass is 436 g/mol. The molecule has 0 atom stereocenters. The van der Waals surface area contributed by atoms with E-state index in [4.69, 9.17) is 11.5 Å². The Morgan fingerprint density at radius 2 is 0.676 bits per heavy atom. The fraction of sp³-hybridized carbons (Fsp3) is 0. The predicted molar refractivity (Wildman–Crippen MR) is 147 cm³/mol. The van der Waals surface area contributed by atoms with Crippen LogP contribution in [0.1, 0.15) is 0 Å². The van der Waals surface area contributed by atoms with Crippen LogP contribution >= 0.6 is 0 Å². The van der Waals surface area contributed by atoms with Crippen molar-refractivity contribution in [3.8, 4) is 33.4 Å². The Bertz CT molecular complexity index is 1530. The topological polar surface area (TPSA) is 52.0 Å². The van der Waals surface area contributed by atoms with Crippen molar-refractivity contribution in [2.75, 3.05) is 11.5 Å². The zero-order chi connectivity index (χ0) is 23.1. The molecule has 0 saturated heterocycles. The Hall–Kier alpha value is -4.56. The summed E-state index contributed by atoms with van der Waals surface area (Å²) in [4.78, 5) is 0. The van der Waals surface area contributed by atoms with Gasteiger partial charge in [-0.15, -0.1) is 0 Å². The van der Waals surface area contributed by atoms with Crippen molar-refractivity contribution in [3.63, 3.8) is 0 Å². The van der Waals surface area contributed by atoms with E-state index in [1.807, 2.05) is 24.3 Å². The molecule has 0 aromatic heterocycles. The van der Waals surface area contributed by atoms with Crippen molar-refractivity contribution in [2.45, 2.75) is 0 Å². The molecular weight excluding hydrogens is 412 g/mol. The molecule has 0 aliphatic rings. The molecule has 34 heavy (non-hydrogen) atoms. The van der Waals surface area contributed by atoms with E-state index in [1.54, 1.807) is 0 Å². The van der Waals surface area contributed by atoms with Gasteiger partial charge in [0.05, 0.1) is 0 Å². The van der Waals surface area contributed by atoms with Gasteiger partial charge in [-0.3, -0.25) is 0 Å². The second-order valence-corrected chi connectivity index (χ2v) is 8.60. The van der Waals surface area contributed by atoms with Crippen LogP contribution in [0.5, 0.6) is 0 Å². The summed E-state index contributed by atoms with van der Waals surface area (Å²) in [5, 5.41) is 4.37. The van der Waals surface area contributed by atoms with Gasteiger partial charge in [-0.1, -0.05) is 109 Å². The third-order valence-corrected chi connectivity index (χ3v) is 6.57. The lowest BCUT2D eigenvalue weighted by Crippen LogP contribution is -1.98. The zero-order valence-corrected chi connectivity index (χ0v) is 18.7. The van der Waals surface area contributed by atoms with Crippen LogP contribution in [0.15, 0.2) is 121 Å². The summed E-state index contributed by atoms with van der Waals surface area (Å²) < 4.78 is 0. The van der Waals surface area contributed by atoms with E-state index in [-0.39, 0.29) is 0 Å². The number of fused-ring (bicyclic) bond motifs is 2. The van der Waals surface area contributed by atoms with E-state index in [9.17, 15) is 0 Å². The third kappa shape index (κ3) is 3.20. The molecule has 6 rings (SSSR count). The smallest absolute Gasteiger partial charge is 0.0400 e. The Balaban J connectivity index is 1.86. The average molecular weight is 437 g/mol. The van der Waals surface area contributed by atoms with Gasteiger partial charge in [0.2, 0.25) is 0 Å². The minimum Gasteiger partial charge on any atom is -0.398 e. The van der Waals surface area contributed by atoms with E-state index in [0.717, 1.165) is 55.2 Å². The third-order valence-electron chi connectivity index (χ3n) is 6.57. The number of hydrogen-bond donors (Lipinski definition) is 2. The standard InChI is InChI=1S/C32H24N2/c33-29-19-27(21-11-3-1-4-12-21)31(25-17-9-7-15-23(25)29)32-26-18-10-8-16-24(26)30(34)20-28(32)22-13-5-2-6-14-22/h1-20H,33-34H2. The highest BCUT2D eigenvalue weighted by Crippen LogP contribution is 2.48. The number of hydrogen-bond acceptors (Lipinski definition) is 2. The van der Waals surface area contributed by atoms with Crippen LogP contribution in [0.2, 0.25) is 0 Å². The van der Waals surface area contributed by atoms with Gasteiger partial charge in [-0.05, 0) is 56.3 Å². The molecule has 6 aromatic carbocycles. The molecule has 2 nitrogen and oxygen atoms in total. The first kappa shape index (κ1) is 20.1. The minimum atomic E-state index is 0.777. The Kier molecular flexibility index (Phi) is 4.78. The van der Waals surface area contributed by atoms with Crippen LogP contribution in [0.4, 0.5) is 11.4 Å². The van der Waals surface area contributed by atoms with E-state index < -0.39 is 0 Å². The first-order valence-corrected chi connectivity index (χ1v) is 11.5. The summed E-state index contributed by atoms with van der Waals surface area (Å²) in [6.07, 6.45) is 0. The van der Waals surface area contributed by atoms with Gasteiger partial charge in [0.25, 0.3) is 0 Å². The van der Waals surface area contributed by atoms with Gasteiger partial charge in [-0.2, -0.15) is 0 Å².